The second kappa shape index (κ2) is 6.19. The van der Waals surface area contributed by atoms with Crippen molar-refractivity contribution >= 4 is 23.4 Å². The van der Waals surface area contributed by atoms with Gasteiger partial charge in [0.2, 0.25) is 0 Å². The largest absolute Gasteiger partial charge is 0.478 e. The number of hydrogen-bond acceptors (Lipinski definition) is 6. The van der Waals surface area contributed by atoms with Crippen molar-refractivity contribution in [3.63, 3.8) is 0 Å². The smallest absolute Gasteiger partial charge is 0.340 e. The maximum atomic E-state index is 12.3. The SMILES string of the molecule is CC(C)(C)OC(=O)c1cccc(-c2cnc(N)cc2C(=O)O)c1N. The Labute approximate surface area is 139 Å². The maximum absolute atomic E-state index is 12.3. The zero-order chi connectivity index (χ0) is 18.1. The average molecular weight is 329 g/mol. The summed E-state index contributed by atoms with van der Waals surface area (Å²) in [6, 6.07) is 5.99. The van der Waals surface area contributed by atoms with Crippen LogP contribution in [0.3, 0.4) is 0 Å². The Morgan fingerprint density at radius 3 is 2.38 bits per heavy atom. The first-order chi connectivity index (χ1) is 11.1. The van der Waals surface area contributed by atoms with Crippen LogP contribution < -0.4 is 11.5 Å². The molecule has 5 N–H and O–H groups in total. The fourth-order valence-corrected chi connectivity index (χ4v) is 2.17. The number of nitrogens with zero attached hydrogens (tertiary/aromatic N) is 1. The van der Waals surface area contributed by atoms with Gasteiger partial charge in [-0.15, -0.1) is 0 Å². The molecule has 0 saturated heterocycles. The zero-order valence-corrected chi connectivity index (χ0v) is 13.7. The molecule has 1 heterocycles. The number of carbonyl (C=O) groups excluding carboxylic acids is 1. The van der Waals surface area contributed by atoms with E-state index in [-0.39, 0.29) is 28.2 Å². The normalized spacial score (nSPS) is 11.1. The summed E-state index contributed by atoms with van der Waals surface area (Å²) >= 11 is 0. The van der Waals surface area contributed by atoms with Gasteiger partial charge >= 0.3 is 11.9 Å². The molecule has 1 aromatic heterocycles. The Morgan fingerprint density at radius 2 is 1.79 bits per heavy atom. The molecule has 0 bridgehead atoms. The number of aromatic nitrogens is 1. The number of aromatic carboxylic acids is 1. The average Bonchev–Trinajstić information content (AvgIpc) is 2.45. The lowest BCUT2D eigenvalue weighted by Crippen LogP contribution is -2.24. The van der Waals surface area contributed by atoms with Crippen molar-refractivity contribution in [2.24, 2.45) is 0 Å². The molecule has 1 aromatic carbocycles. The van der Waals surface area contributed by atoms with E-state index in [0.717, 1.165) is 0 Å². The second-order valence-corrected chi connectivity index (χ2v) is 6.23. The number of carboxylic acid groups (broad SMARTS) is 1. The van der Waals surface area contributed by atoms with E-state index in [1.165, 1.54) is 18.3 Å². The molecule has 0 unspecified atom stereocenters. The lowest BCUT2D eigenvalue weighted by Gasteiger charge is -2.20. The summed E-state index contributed by atoms with van der Waals surface area (Å²) < 4.78 is 5.32. The van der Waals surface area contributed by atoms with Gasteiger partial charge in [-0.3, -0.25) is 0 Å². The topological polar surface area (TPSA) is 129 Å². The zero-order valence-electron chi connectivity index (χ0n) is 13.7. The highest BCUT2D eigenvalue weighted by atomic mass is 16.6. The minimum absolute atomic E-state index is 0.0458. The van der Waals surface area contributed by atoms with E-state index < -0.39 is 17.5 Å². The van der Waals surface area contributed by atoms with Gasteiger partial charge < -0.3 is 21.3 Å². The van der Waals surface area contributed by atoms with Gasteiger partial charge in [0.1, 0.15) is 11.4 Å². The number of nitrogen functional groups attached to an aromatic ring is 2. The van der Waals surface area contributed by atoms with E-state index in [9.17, 15) is 14.7 Å². The van der Waals surface area contributed by atoms with Crippen molar-refractivity contribution in [3.05, 3.63) is 41.6 Å². The molecule has 7 heteroatoms. The molecular formula is C17H19N3O4. The number of benzene rings is 1. The van der Waals surface area contributed by atoms with Crippen LogP contribution in [0.15, 0.2) is 30.5 Å². The number of carboxylic acids is 1. The standard InChI is InChI=1S/C17H19N3O4/c1-17(2,3)24-16(23)10-6-4-5-9(14(10)19)12-8-20-13(18)7-11(12)15(21)22/h4-8H,19H2,1-3H3,(H2,18,20)(H,21,22). The Morgan fingerprint density at radius 1 is 1.12 bits per heavy atom. The molecule has 126 valence electrons. The van der Waals surface area contributed by atoms with Crippen LogP contribution in [-0.4, -0.2) is 27.6 Å². The van der Waals surface area contributed by atoms with Gasteiger partial charge in [0.05, 0.1) is 16.8 Å². The molecule has 24 heavy (non-hydrogen) atoms. The molecular weight excluding hydrogens is 310 g/mol. The molecule has 0 spiro atoms. The van der Waals surface area contributed by atoms with Crippen molar-refractivity contribution in [2.75, 3.05) is 11.5 Å². The number of carbonyl (C=O) groups is 2. The molecule has 0 aliphatic rings. The van der Waals surface area contributed by atoms with Crippen LogP contribution in [-0.2, 0) is 4.74 Å². The molecule has 0 aliphatic heterocycles. The first-order valence-electron chi connectivity index (χ1n) is 7.21. The van der Waals surface area contributed by atoms with Gasteiger partial charge in [0, 0.05) is 17.3 Å². The minimum Gasteiger partial charge on any atom is -0.478 e. The van der Waals surface area contributed by atoms with Crippen molar-refractivity contribution < 1.29 is 19.4 Å². The third-order valence-corrected chi connectivity index (χ3v) is 3.17. The van der Waals surface area contributed by atoms with Crippen molar-refractivity contribution in [1.29, 1.82) is 0 Å². The van der Waals surface area contributed by atoms with E-state index in [4.69, 9.17) is 16.2 Å². The molecule has 0 fully saturated rings. The van der Waals surface area contributed by atoms with Gasteiger partial charge in [-0.25, -0.2) is 14.6 Å². The Hall–Kier alpha value is -3.09. The number of nitrogens with two attached hydrogens (primary N) is 2. The van der Waals surface area contributed by atoms with Crippen LogP contribution in [0.4, 0.5) is 11.5 Å². The van der Waals surface area contributed by atoms with Crippen LogP contribution in [0, 0.1) is 0 Å². The van der Waals surface area contributed by atoms with Crippen LogP contribution in [0.5, 0.6) is 0 Å². The summed E-state index contributed by atoms with van der Waals surface area (Å²) in [6.45, 7) is 5.24. The van der Waals surface area contributed by atoms with Crippen LogP contribution in [0.1, 0.15) is 41.5 Å². The van der Waals surface area contributed by atoms with Gasteiger partial charge in [-0.1, -0.05) is 12.1 Å². The minimum atomic E-state index is -1.17. The van der Waals surface area contributed by atoms with Crippen molar-refractivity contribution in [3.8, 4) is 11.1 Å². The maximum Gasteiger partial charge on any atom is 0.340 e. The Balaban J connectivity index is 2.57. The van der Waals surface area contributed by atoms with E-state index in [2.05, 4.69) is 4.98 Å². The van der Waals surface area contributed by atoms with E-state index in [1.54, 1.807) is 32.9 Å². The first-order valence-corrected chi connectivity index (χ1v) is 7.21. The van der Waals surface area contributed by atoms with Crippen LogP contribution in [0.25, 0.3) is 11.1 Å². The quantitative estimate of drug-likeness (QED) is 0.583. The van der Waals surface area contributed by atoms with Gasteiger partial charge in [0.15, 0.2) is 0 Å². The predicted octanol–water partition coefficient (Wildman–Crippen LogP) is 2.57. The molecule has 0 radical (unpaired) electrons. The number of ether oxygens (including phenoxy) is 1. The number of rotatable bonds is 3. The lowest BCUT2D eigenvalue weighted by molar-refractivity contribution is 0.00706. The molecule has 2 aromatic rings. The summed E-state index contributed by atoms with van der Waals surface area (Å²) in [7, 11) is 0. The van der Waals surface area contributed by atoms with Crippen LogP contribution >= 0.6 is 0 Å². The highest BCUT2D eigenvalue weighted by molar-refractivity contribution is 6.03. The first kappa shape index (κ1) is 17.3. The fourth-order valence-electron chi connectivity index (χ4n) is 2.17. The fraction of sp³-hybridized carbons (Fsp3) is 0.235. The monoisotopic (exact) mass is 329 g/mol. The number of anilines is 2. The van der Waals surface area contributed by atoms with E-state index in [1.807, 2.05) is 0 Å². The molecule has 0 atom stereocenters. The number of para-hydroxylation sites is 1. The summed E-state index contributed by atoms with van der Waals surface area (Å²) in [6.07, 6.45) is 1.32. The highest BCUT2D eigenvalue weighted by Crippen LogP contribution is 2.32. The van der Waals surface area contributed by atoms with Gasteiger partial charge in [-0.05, 0) is 32.9 Å². The molecule has 2 rings (SSSR count). The summed E-state index contributed by atoms with van der Waals surface area (Å²) in [5.74, 6) is -1.67. The number of pyridine rings is 1. The summed E-state index contributed by atoms with van der Waals surface area (Å²) in [5.41, 5.74) is 11.9. The number of esters is 1. The molecule has 0 saturated carbocycles. The molecule has 0 amide bonds. The molecule has 7 nitrogen and oxygen atoms in total. The molecule has 0 aliphatic carbocycles. The second-order valence-electron chi connectivity index (χ2n) is 6.23. The third-order valence-electron chi connectivity index (χ3n) is 3.17. The van der Waals surface area contributed by atoms with Gasteiger partial charge in [0.25, 0.3) is 0 Å². The van der Waals surface area contributed by atoms with E-state index >= 15 is 0 Å². The van der Waals surface area contributed by atoms with Crippen LogP contribution in [0.2, 0.25) is 0 Å². The van der Waals surface area contributed by atoms with Crippen molar-refractivity contribution in [1.82, 2.24) is 4.98 Å². The number of hydrogen-bond donors (Lipinski definition) is 3. The summed E-state index contributed by atoms with van der Waals surface area (Å²) in [5, 5.41) is 9.36. The predicted molar refractivity (Wildman–Crippen MR) is 90.6 cm³/mol. The highest BCUT2D eigenvalue weighted by Gasteiger charge is 2.22. The third kappa shape index (κ3) is 3.62. The lowest BCUT2D eigenvalue weighted by atomic mass is 9.97. The van der Waals surface area contributed by atoms with Crippen molar-refractivity contribution in [2.45, 2.75) is 26.4 Å². The Bertz CT molecular complexity index is 810. The summed E-state index contributed by atoms with van der Waals surface area (Å²) in [4.78, 5) is 27.6. The van der Waals surface area contributed by atoms with E-state index in [0.29, 0.717) is 5.56 Å². The van der Waals surface area contributed by atoms with Gasteiger partial charge in [-0.2, -0.15) is 0 Å². The Kier molecular flexibility index (Phi) is 4.45.